The van der Waals surface area contributed by atoms with E-state index in [2.05, 4.69) is 35.3 Å². The van der Waals surface area contributed by atoms with Gasteiger partial charge in [0.05, 0.1) is 23.3 Å². The molecule has 0 aliphatic carbocycles. The molecular weight excluding hydrogens is 398 g/mol. The van der Waals surface area contributed by atoms with E-state index >= 15 is 0 Å². The lowest BCUT2D eigenvalue weighted by atomic mass is 9.87. The van der Waals surface area contributed by atoms with Crippen LogP contribution in [0.2, 0.25) is 0 Å². The maximum Gasteiger partial charge on any atom is 0.328 e. The highest BCUT2D eigenvalue weighted by Gasteiger charge is 2.14. The monoisotopic (exact) mass is 419 g/mol. The minimum absolute atomic E-state index is 0.625. The molecule has 0 saturated carbocycles. The van der Waals surface area contributed by atoms with Crippen LogP contribution in [0.4, 0.5) is 0 Å². The van der Waals surface area contributed by atoms with Gasteiger partial charge in [0.25, 0.3) is 0 Å². The van der Waals surface area contributed by atoms with Crippen LogP contribution in [0.15, 0.2) is 79.0 Å². The van der Waals surface area contributed by atoms with Gasteiger partial charge in [-0.15, -0.1) is 0 Å². The summed E-state index contributed by atoms with van der Waals surface area (Å²) in [6.07, 6.45) is 5.32. The fourth-order valence-corrected chi connectivity index (χ4v) is 3.81. The zero-order valence-corrected chi connectivity index (χ0v) is 17.5. The van der Waals surface area contributed by atoms with Gasteiger partial charge >= 0.3 is 5.97 Å². The molecule has 0 aliphatic heterocycles. The molecule has 4 aromatic rings. The first-order valence-corrected chi connectivity index (χ1v) is 10.3. The van der Waals surface area contributed by atoms with Gasteiger partial charge in [-0.2, -0.15) is 10.4 Å². The van der Waals surface area contributed by atoms with E-state index in [4.69, 9.17) is 10.4 Å². The van der Waals surface area contributed by atoms with Crippen LogP contribution < -0.4 is 0 Å². The van der Waals surface area contributed by atoms with Gasteiger partial charge in [0, 0.05) is 11.5 Å². The first-order valence-electron chi connectivity index (χ1n) is 10.3. The van der Waals surface area contributed by atoms with Gasteiger partial charge in [0.1, 0.15) is 0 Å². The zero-order valence-electron chi connectivity index (χ0n) is 17.5. The molecule has 0 spiro atoms. The zero-order chi connectivity index (χ0) is 22.5. The van der Waals surface area contributed by atoms with Crippen LogP contribution >= 0.6 is 0 Å². The molecule has 5 heteroatoms. The Morgan fingerprint density at radius 2 is 1.72 bits per heavy atom. The van der Waals surface area contributed by atoms with Crippen molar-refractivity contribution in [2.45, 2.75) is 13.3 Å². The van der Waals surface area contributed by atoms with Crippen LogP contribution in [0.3, 0.4) is 0 Å². The fourth-order valence-electron chi connectivity index (χ4n) is 3.81. The molecule has 4 rings (SSSR count). The van der Waals surface area contributed by atoms with E-state index in [9.17, 15) is 4.79 Å². The summed E-state index contributed by atoms with van der Waals surface area (Å²) in [6.45, 7) is 2.12. The summed E-state index contributed by atoms with van der Waals surface area (Å²) in [7, 11) is 0. The number of carbonyl (C=O) groups is 1. The summed E-state index contributed by atoms with van der Waals surface area (Å²) >= 11 is 0. The molecule has 1 aromatic heterocycles. The molecule has 0 bridgehead atoms. The summed E-state index contributed by atoms with van der Waals surface area (Å²) in [5.74, 6) is -0.975. The number of hydrogen-bond acceptors (Lipinski definition) is 3. The van der Waals surface area contributed by atoms with Crippen molar-refractivity contribution in [1.82, 2.24) is 10.2 Å². The number of H-pyrrole nitrogens is 1. The third-order valence-corrected chi connectivity index (χ3v) is 5.36. The second kappa shape index (κ2) is 9.15. The smallest absolute Gasteiger partial charge is 0.328 e. The van der Waals surface area contributed by atoms with Gasteiger partial charge < -0.3 is 5.11 Å². The Kier molecular flexibility index (Phi) is 5.96. The van der Waals surface area contributed by atoms with Crippen LogP contribution in [0.25, 0.3) is 28.1 Å². The van der Waals surface area contributed by atoms with Crippen molar-refractivity contribution < 1.29 is 9.90 Å². The number of aromatic nitrogens is 2. The van der Waals surface area contributed by atoms with Crippen molar-refractivity contribution in [1.29, 1.82) is 5.26 Å². The number of rotatable bonds is 6. The predicted molar refractivity (Wildman–Crippen MR) is 127 cm³/mol. The molecule has 156 valence electrons. The number of carboxylic acid groups (broad SMARTS) is 1. The third-order valence-electron chi connectivity index (χ3n) is 5.36. The molecule has 0 atom stereocenters. The molecule has 5 nitrogen and oxygen atoms in total. The topological polar surface area (TPSA) is 89.8 Å². The third kappa shape index (κ3) is 4.35. The van der Waals surface area contributed by atoms with E-state index in [1.165, 1.54) is 0 Å². The van der Waals surface area contributed by atoms with Gasteiger partial charge in [-0.3, -0.25) is 5.10 Å². The first kappa shape index (κ1) is 20.8. The highest BCUT2D eigenvalue weighted by molar-refractivity contribution is 6.00. The molecule has 0 fully saturated rings. The second-order valence-corrected chi connectivity index (χ2v) is 7.36. The van der Waals surface area contributed by atoms with Crippen molar-refractivity contribution in [3.05, 3.63) is 107 Å². The lowest BCUT2D eigenvalue weighted by Crippen LogP contribution is -1.96. The molecule has 3 aromatic carbocycles. The number of nitrogens with zero attached hydrogens (tertiary/aromatic N) is 2. The van der Waals surface area contributed by atoms with E-state index < -0.39 is 5.97 Å². The van der Waals surface area contributed by atoms with Gasteiger partial charge in [0.2, 0.25) is 0 Å². The lowest BCUT2D eigenvalue weighted by Gasteiger charge is -2.17. The maximum atomic E-state index is 10.8. The highest BCUT2D eigenvalue weighted by Crippen LogP contribution is 2.35. The highest BCUT2D eigenvalue weighted by atomic mass is 16.4. The summed E-state index contributed by atoms with van der Waals surface area (Å²) in [4.78, 5) is 10.8. The van der Waals surface area contributed by atoms with Gasteiger partial charge in [-0.25, -0.2) is 4.79 Å². The largest absolute Gasteiger partial charge is 0.478 e. The van der Waals surface area contributed by atoms with Crippen LogP contribution in [0.1, 0.15) is 41.2 Å². The van der Waals surface area contributed by atoms with Gasteiger partial charge in [-0.1, -0.05) is 49.4 Å². The molecule has 0 radical (unpaired) electrons. The minimum Gasteiger partial charge on any atom is -0.478 e. The Bertz CT molecular complexity index is 1370. The summed E-state index contributed by atoms with van der Waals surface area (Å²) in [5, 5.41) is 26.2. The Hall–Kier alpha value is -4.43. The minimum atomic E-state index is -0.975. The average molecular weight is 419 g/mol. The van der Waals surface area contributed by atoms with Gasteiger partial charge in [0.15, 0.2) is 0 Å². The summed E-state index contributed by atoms with van der Waals surface area (Å²) in [5.41, 5.74) is 7.82. The number of nitrogens with one attached hydrogen (secondary N) is 1. The van der Waals surface area contributed by atoms with E-state index in [0.717, 1.165) is 56.8 Å². The van der Waals surface area contributed by atoms with E-state index in [1.54, 1.807) is 6.08 Å². The van der Waals surface area contributed by atoms with Crippen LogP contribution in [-0.4, -0.2) is 21.3 Å². The first-order chi connectivity index (χ1) is 15.6. The normalized spacial score (nSPS) is 12.0. The lowest BCUT2D eigenvalue weighted by molar-refractivity contribution is -0.131. The van der Waals surface area contributed by atoms with Crippen molar-refractivity contribution in [2.24, 2.45) is 0 Å². The van der Waals surface area contributed by atoms with Crippen molar-refractivity contribution in [3.8, 4) is 6.07 Å². The van der Waals surface area contributed by atoms with Crippen LogP contribution in [-0.2, 0) is 4.79 Å². The Balaban J connectivity index is 1.90. The van der Waals surface area contributed by atoms with Crippen LogP contribution in [0, 0.1) is 11.3 Å². The number of aliphatic carboxylic acids is 1. The standard InChI is InChI=1S/C27H21N3O2/c1-2-24(20-8-5-19(16-28)6-9-20)27(22-12-13-25-23(15-22)17-29-30-25)21-10-3-18(4-11-21)7-14-26(31)32/h3-15,17H,2H2,1H3,(H,29,30)(H,31,32)/b14-7+,27-24+. The number of benzene rings is 3. The van der Waals surface area contributed by atoms with E-state index in [1.807, 2.05) is 60.8 Å². The summed E-state index contributed by atoms with van der Waals surface area (Å²) in [6, 6.07) is 23.9. The number of carboxylic acids is 1. The molecule has 32 heavy (non-hydrogen) atoms. The Labute approximate surface area is 186 Å². The number of fused-ring (bicyclic) bond motifs is 1. The Morgan fingerprint density at radius 1 is 1.03 bits per heavy atom. The fraction of sp³-hybridized carbons (Fsp3) is 0.0741. The van der Waals surface area contributed by atoms with Crippen molar-refractivity contribution >= 4 is 34.1 Å². The Morgan fingerprint density at radius 3 is 2.38 bits per heavy atom. The molecule has 0 aliphatic rings. The molecular formula is C27H21N3O2. The molecule has 1 heterocycles. The summed E-state index contributed by atoms with van der Waals surface area (Å²) < 4.78 is 0. The van der Waals surface area contributed by atoms with Crippen molar-refractivity contribution in [2.75, 3.05) is 0 Å². The van der Waals surface area contributed by atoms with E-state index in [0.29, 0.717) is 5.56 Å². The SMILES string of the molecule is CC/C(=C(/c1ccc(/C=C/C(=O)O)cc1)c1ccc2[nH]ncc2c1)c1ccc(C#N)cc1. The predicted octanol–water partition coefficient (Wildman–Crippen LogP) is 5.90. The molecule has 2 N–H and O–H groups in total. The second-order valence-electron chi connectivity index (χ2n) is 7.36. The van der Waals surface area contributed by atoms with Gasteiger partial charge in [-0.05, 0) is 70.2 Å². The number of nitriles is 1. The number of allylic oxidation sites excluding steroid dienone is 1. The quantitative estimate of drug-likeness (QED) is 0.301. The van der Waals surface area contributed by atoms with Crippen LogP contribution in [0.5, 0.6) is 0 Å². The van der Waals surface area contributed by atoms with E-state index in [-0.39, 0.29) is 0 Å². The molecule has 0 unspecified atom stereocenters. The number of aromatic amines is 1. The average Bonchev–Trinajstić information content (AvgIpc) is 3.29. The molecule has 0 amide bonds. The number of hydrogen-bond donors (Lipinski definition) is 2. The van der Waals surface area contributed by atoms with Crippen molar-refractivity contribution in [3.63, 3.8) is 0 Å². The molecule has 0 saturated heterocycles. The maximum absolute atomic E-state index is 10.8.